The van der Waals surface area contributed by atoms with Crippen molar-refractivity contribution in [2.24, 2.45) is 0 Å². The Bertz CT molecular complexity index is 680. The molecule has 1 aromatic heterocycles. The fourth-order valence-corrected chi connectivity index (χ4v) is 3.51. The second-order valence-corrected chi connectivity index (χ2v) is 6.90. The van der Waals surface area contributed by atoms with Gasteiger partial charge >= 0.3 is 0 Å². The number of anilines is 2. The molecule has 19 heavy (non-hydrogen) atoms. The van der Waals surface area contributed by atoms with Crippen LogP contribution in [0.4, 0.5) is 10.8 Å². The second-order valence-electron chi connectivity index (χ2n) is 4.24. The smallest absolute Gasteiger partial charge is 0.265 e. The molecule has 0 bridgehead atoms. The summed E-state index contributed by atoms with van der Waals surface area (Å²) in [6, 6.07) is 6.27. The van der Waals surface area contributed by atoms with Gasteiger partial charge in [-0.25, -0.2) is 8.42 Å². The van der Waals surface area contributed by atoms with Crippen molar-refractivity contribution in [3.8, 4) is 0 Å². The molecular weight excluding hydrogens is 284 g/mol. The molecule has 2 aromatic rings. The van der Waals surface area contributed by atoms with E-state index >= 15 is 0 Å². The predicted octanol–water partition coefficient (Wildman–Crippen LogP) is 2.04. The van der Waals surface area contributed by atoms with Crippen LogP contribution in [0.1, 0.15) is 24.8 Å². The molecule has 0 saturated carbocycles. The highest BCUT2D eigenvalue weighted by atomic mass is 32.2. The summed E-state index contributed by atoms with van der Waals surface area (Å²) >= 11 is 1.22. The van der Waals surface area contributed by atoms with Crippen LogP contribution in [0, 0.1) is 0 Å². The monoisotopic (exact) mass is 298 g/mol. The number of benzene rings is 1. The molecule has 0 spiro atoms. The lowest BCUT2D eigenvalue weighted by molar-refractivity contribution is 0.601. The van der Waals surface area contributed by atoms with Gasteiger partial charge in [0.15, 0.2) is 0 Å². The van der Waals surface area contributed by atoms with Crippen molar-refractivity contribution in [1.82, 2.24) is 10.2 Å². The molecule has 102 valence electrons. The highest BCUT2D eigenvalue weighted by Crippen LogP contribution is 2.26. The average molecular weight is 298 g/mol. The van der Waals surface area contributed by atoms with E-state index in [9.17, 15) is 8.42 Å². The average Bonchev–Trinajstić information content (AvgIpc) is 2.77. The van der Waals surface area contributed by atoms with E-state index in [4.69, 9.17) is 5.73 Å². The van der Waals surface area contributed by atoms with Crippen molar-refractivity contribution in [1.29, 1.82) is 0 Å². The van der Waals surface area contributed by atoms with Gasteiger partial charge in [0.2, 0.25) is 5.13 Å². The fraction of sp³-hybridized carbons (Fsp3) is 0.273. The quantitative estimate of drug-likeness (QED) is 0.842. The summed E-state index contributed by atoms with van der Waals surface area (Å²) in [5.74, 6) is 0.206. The van der Waals surface area contributed by atoms with E-state index in [1.165, 1.54) is 23.5 Å². The van der Waals surface area contributed by atoms with Crippen LogP contribution in [-0.2, 0) is 10.0 Å². The minimum absolute atomic E-state index is 0.0382. The Labute approximate surface area is 115 Å². The molecule has 0 aliphatic heterocycles. The molecule has 0 amide bonds. The van der Waals surface area contributed by atoms with Crippen molar-refractivity contribution < 1.29 is 8.42 Å². The Hall–Kier alpha value is -1.67. The lowest BCUT2D eigenvalue weighted by Gasteiger charge is -2.06. The number of hydrogen-bond donors (Lipinski definition) is 2. The zero-order chi connectivity index (χ0) is 14.0. The number of nitrogens with zero attached hydrogens (tertiary/aromatic N) is 2. The van der Waals surface area contributed by atoms with Gasteiger partial charge in [0.05, 0.1) is 5.69 Å². The molecule has 2 rings (SSSR count). The van der Waals surface area contributed by atoms with Crippen molar-refractivity contribution in [3.63, 3.8) is 0 Å². The van der Waals surface area contributed by atoms with E-state index in [0.717, 1.165) is 5.01 Å². The standard InChI is InChI=1S/C11H14N4O2S2/c1-7(2)10-13-14-11(18-10)15-19(16,17)9-6-4-3-5-8(9)12/h3-7H,12H2,1-2H3,(H,14,15). The summed E-state index contributed by atoms with van der Waals surface area (Å²) in [7, 11) is -3.72. The van der Waals surface area contributed by atoms with E-state index < -0.39 is 10.0 Å². The molecule has 0 aliphatic rings. The lowest BCUT2D eigenvalue weighted by atomic mass is 10.2. The Morgan fingerprint density at radius 2 is 1.95 bits per heavy atom. The SMILES string of the molecule is CC(C)c1nnc(NS(=O)(=O)c2ccccc2N)s1. The molecule has 0 unspecified atom stereocenters. The predicted molar refractivity (Wildman–Crippen MR) is 75.7 cm³/mol. The summed E-state index contributed by atoms with van der Waals surface area (Å²) in [6.45, 7) is 3.93. The number of sulfonamides is 1. The molecule has 0 radical (unpaired) electrons. The highest BCUT2D eigenvalue weighted by molar-refractivity contribution is 7.93. The van der Waals surface area contributed by atoms with Crippen LogP contribution in [0.3, 0.4) is 0 Å². The minimum Gasteiger partial charge on any atom is -0.398 e. The third-order valence-corrected chi connectivity index (χ3v) is 5.05. The second kappa shape index (κ2) is 5.14. The van der Waals surface area contributed by atoms with Crippen LogP contribution in [0.15, 0.2) is 29.2 Å². The van der Waals surface area contributed by atoms with Crippen LogP contribution in [0.5, 0.6) is 0 Å². The molecule has 1 aromatic carbocycles. The van der Waals surface area contributed by atoms with Crippen LogP contribution in [-0.4, -0.2) is 18.6 Å². The lowest BCUT2D eigenvalue weighted by Crippen LogP contribution is -2.14. The Morgan fingerprint density at radius 3 is 2.53 bits per heavy atom. The van der Waals surface area contributed by atoms with Crippen molar-refractivity contribution in [2.75, 3.05) is 10.5 Å². The van der Waals surface area contributed by atoms with Gasteiger partial charge in [-0.2, -0.15) is 0 Å². The molecule has 6 nitrogen and oxygen atoms in total. The molecule has 8 heteroatoms. The molecular formula is C11H14N4O2S2. The minimum atomic E-state index is -3.72. The Kier molecular flexibility index (Phi) is 3.72. The summed E-state index contributed by atoms with van der Waals surface area (Å²) in [6.07, 6.45) is 0. The van der Waals surface area contributed by atoms with Gasteiger partial charge in [-0.15, -0.1) is 10.2 Å². The number of nitrogens with two attached hydrogens (primary N) is 1. The zero-order valence-electron chi connectivity index (χ0n) is 10.5. The maximum absolute atomic E-state index is 12.1. The third-order valence-electron chi connectivity index (χ3n) is 2.36. The fourth-order valence-electron chi connectivity index (χ4n) is 1.40. The van der Waals surface area contributed by atoms with Gasteiger partial charge < -0.3 is 5.73 Å². The number of hydrogen-bond acceptors (Lipinski definition) is 6. The topological polar surface area (TPSA) is 98.0 Å². The first-order chi connectivity index (χ1) is 8.90. The maximum Gasteiger partial charge on any atom is 0.265 e. The number of rotatable bonds is 4. The van der Waals surface area contributed by atoms with Crippen LogP contribution in [0.2, 0.25) is 0 Å². The first kappa shape index (κ1) is 13.8. The number of nitrogen functional groups attached to an aromatic ring is 1. The molecule has 0 atom stereocenters. The zero-order valence-corrected chi connectivity index (χ0v) is 12.1. The van der Waals surface area contributed by atoms with Gasteiger partial charge in [-0.05, 0) is 12.1 Å². The van der Waals surface area contributed by atoms with Gasteiger partial charge in [0.25, 0.3) is 10.0 Å². The molecule has 1 heterocycles. The number of nitrogens with one attached hydrogen (secondary N) is 1. The van der Waals surface area contributed by atoms with E-state index in [1.54, 1.807) is 12.1 Å². The largest absolute Gasteiger partial charge is 0.398 e. The number of aromatic nitrogens is 2. The van der Waals surface area contributed by atoms with Crippen molar-refractivity contribution >= 4 is 32.2 Å². The van der Waals surface area contributed by atoms with E-state index in [0.29, 0.717) is 0 Å². The van der Waals surface area contributed by atoms with Crippen molar-refractivity contribution in [3.05, 3.63) is 29.3 Å². The van der Waals surface area contributed by atoms with Crippen LogP contribution >= 0.6 is 11.3 Å². The van der Waals surface area contributed by atoms with Gasteiger partial charge in [0.1, 0.15) is 9.90 Å². The molecule has 3 N–H and O–H groups in total. The van der Waals surface area contributed by atoms with E-state index in [2.05, 4.69) is 14.9 Å². The first-order valence-corrected chi connectivity index (χ1v) is 7.91. The molecule has 0 saturated heterocycles. The summed E-state index contributed by atoms with van der Waals surface area (Å²) < 4.78 is 26.7. The van der Waals surface area contributed by atoms with Gasteiger partial charge in [-0.3, -0.25) is 4.72 Å². The van der Waals surface area contributed by atoms with Crippen molar-refractivity contribution in [2.45, 2.75) is 24.7 Å². The third kappa shape index (κ3) is 3.02. The molecule has 0 fully saturated rings. The summed E-state index contributed by atoms with van der Waals surface area (Å²) in [5, 5.41) is 8.76. The summed E-state index contributed by atoms with van der Waals surface area (Å²) in [4.78, 5) is 0.0382. The first-order valence-electron chi connectivity index (χ1n) is 5.61. The van der Waals surface area contributed by atoms with Gasteiger partial charge in [0, 0.05) is 5.92 Å². The maximum atomic E-state index is 12.1. The number of para-hydroxylation sites is 1. The highest BCUT2D eigenvalue weighted by Gasteiger charge is 2.19. The van der Waals surface area contributed by atoms with Crippen LogP contribution in [0.25, 0.3) is 0 Å². The Balaban J connectivity index is 2.29. The Morgan fingerprint density at radius 1 is 1.26 bits per heavy atom. The van der Waals surface area contributed by atoms with E-state index in [1.807, 2.05) is 13.8 Å². The van der Waals surface area contributed by atoms with E-state index in [-0.39, 0.29) is 21.6 Å². The normalized spacial score (nSPS) is 11.7. The molecule has 0 aliphatic carbocycles. The van der Waals surface area contributed by atoms with Gasteiger partial charge in [-0.1, -0.05) is 37.3 Å². The van der Waals surface area contributed by atoms with Crippen LogP contribution < -0.4 is 10.5 Å². The summed E-state index contributed by atoms with van der Waals surface area (Å²) in [5.41, 5.74) is 5.86.